The molecule has 1 saturated heterocycles. The minimum Gasteiger partial charge on any atom is -1.00 e. The molecule has 1 fully saturated rings. The van der Waals surface area contributed by atoms with E-state index in [0.717, 1.165) is 0 Å². The van der Waals surface area contributed by atoms with Crippen LogP contribution in [0, 0.1) is 0 Å². The summed E-state index contributed by atoms with van der Waals surface area (Å²) in [6.07, 6.45) is 0. The van der Waals surface area contributed by atoms with E-state index in [1.165, 1.54) is 27.7 Å². The third-order valence-electron chi connectivity index (χ3n) is 4.79. The number of likely N-dealkylation sites (N-methyl/N-ethyl adjacent to an activating group) is 1. The fourth-order valence-corrected chi connectivity index (χ4v) is 3.69. The molecule has 0 saturated carbocycles. The first kappa shape index (κ1) is 33.7. The van der Waals surface area contributed by atoms with Gasteiger partial charge in [0.15, 0.2) is 0 Å². The van der Waals surface area contributed by atoms with Gasteiger partial charge in [0.1, 0.15) is 0 Å². The zero-order chi connectivity index (χ0) is 20.0. The van der Waals surface area contributed by atoms with Crippen LogP contribution in [0.3, 0.4) is 0 Å². The molecule has 29 heavy (non-hydrogen) atoms. The van der Waals surface area contributed by atoms with Crippen LogP contribution in [0.2, 0.25) is 0 Å². The molecule has 0 radical (unpaired) electrons. The molecule has 0 bridgehead atoms. The maximum absolute atomic E-state index is 12.1. The summed E-state index contributed by atoms with van der Waals surface area (Å²) in [6.45, 7) is 7.31. The number of nitrogens with one attached hydrogen (secondary N) is 2. The van der Waals surface area contributed by atoms with Crippen LogP contribution in [0.15, 0.2) is 0 Å². The number of rotatable bonds is 4. The number of ketones is 4. The zero-order valence-electron chi connectivity index (χ0n) is 17.3. The van der Waals surface area contributed by atoms with E-state index in [0.29, 0.717) is 19.6 Å². The van der Waals surface area contributed by atoms with E-state index >= 15 is 0 Å². The first-order valence-corrected chi connectivity index (χ1v) is 9.41. The van der Waals surface area contributed by atoms with E-state index in [1.807, 2.05) is 8.28 Å². The summed E-state index contributed by atoms with van der Waals surface area (Å²) in [7, 11) is 1.80. The van der Waals surface area contributed by atoms with Gasteiger partial charge in [-0.1, -0.05) is 0 Å². The molecule has 0 aromatic carbocycles. The van der Waals surface area contributed by atoms with Crippen LogP contribution in [0.25, 0.3) is 0 Å². The molecule has 4 atom stereocenters. The van der Waals surface area contributed by atoms with Gasteiger partial charge in [-0.15, -0.1) is 0 Å². The van der Waals surface area contributed by atoms with Crippen LogP contribution >= 0.6 is 0 Å². The number of hydrogen-bond acceptors (Lipinski definition) is 8. The Morgan fingerprint density at radius 2 is 1.17 bits per heavy atom. The van der Waals surface area contributed by atoms with Crippen molar-refractivity contribution in [2.75, 3.05) is 33.2 Å². The van der Waals surface area contributed by atoms with Gasteiger partial charge in [-0.3, -0.25) is 0 Å². The van der Waals surface area contributed by atoms with Gasteiger partial charge in [-0.2, -0.15) is 0 Å². The maximum Gasteiger partial charge on any atom is -1.00 e. The monoisotopic (exact) mass is 506 g/mol. The molecule has 12 heteroatoms. The van der Waals surface area contributed by atoms with Crippen LogP contribution in [0.4, 0.5) is 0 Å². The summed E-state index contributed by atoms with van der Waals surface area (Å²) in [5.74, 6) is -0.153. The van der Waals surface area contributed by atoms with Crippen molar-refractivity contribution in [3.8, 4) is 0 Å². The largest absolute Gasteiger partial charge is 1.00 e. The predicted octanol–water partition coefficient (Wildman–Crippen LogP) is -10.3. The summed E-state index contributed by atoms with van der Waals surface area (Å²) < 4.78 is 1.84. The second-order valence-electron chi connectivity index (χ2n) is 6.99. The van der Waals surface area contributed by atoms with Crippen molar-refractivity contribution < 1.29 is 77.1 Å². The molecule has 0 spiro atoms. The van der Waals surface area contributed by atoms with Crippen molar-refractivity contribution in [2.24, 2.45) is 0 Å². The van der Waals surface area contributed by atoms with Crippen LogP contribution in [0.5, 0.6) is 0 Å². The Hall–Kier alpha value is 0.104. The first-order chi connectivity index (χ1) is 12.0. The Bertz CT molecular complexity index is 571. The molecule has 1 rings (SSSR count). The standard InChI is InChI=1S/C17H29N4O4.3ClH.Ti/c1-10(22)14-7-19-16(12(3)24)9-21(5)17(13(4)25)8-20-15(6-18-14)11(2)23;;;;/h14-19H,6-9H2,1-5H3;3*1H;/q-1;;;;+4/p-3. The van der Waals surface area contributed by atoms with E-state index in [-0.39, 0.29) is 66.9 Å². The van der Waals surface area contributed by atoms with E-state index in [2.05, 4.69) is 10.6 Å². The molecule has 2 N–H and O–H groups in total. The van der Waals surface area contributed by atoms with Crippen molar-refractivity contribution in [1.82, 2.24) is 18.9 Å². The van der Waals surface area contributed by atoms with Crippen molar-refractivity contribution >= 4 is 23.1 Å². The fraction of sp³-hybridized carbons (Fsp3) is 0.765. The minimum absolute atomic E-state index is 0. The van der Waals surface area contributed by atoms with Gasteiger partial charge in [0.2, 0.25) is 0 Å². The fourth-order valence-electron chi connectivity index (χ4n) is 2.99. The van der Waals surface area contributed by atoms with Crippen LogP contribution in [-0.4, -0.2) is 88.8 Å². The molecule has 4 unspecified atom stereocenters. The predicted molar refractivity (Wildman–Crippen MR) is 93.2 cm³/mol. The quantitative estimate of drug-likeness (QED) is 0.362. The number of carbonyl (C=O) groups excluding carboxylic acids is 4. The Labute approximate surface area is 203 Å². The third kappa shape index (κ3) is 10.8. The van der Waals surface area contributed by atoms with Gasteiger partial charge in [-0.25, -0.2) is 0 Å². The molecule has 166 valence electrons. The average molecular weight is 508 g/mol. The van der Waals surface area contributed by atoms with Crippen molar-refractivity contribution in [3.63, 3.8) is 0 Å². The molecule has 0 amide bonds. The van der Waals surface area contributed by atoms with Crippen LogP contribution in [0.1, 0.15) is 27.7 Å². The molecule has 1 aliphatic rings. The van der Waals surface area contributed by atoms with Crippen molar-refractivity contribution in [3.05, 3.63) is 0 Å². The molecular weight excluding hydrogens is 478 g/mol. The summed E-state index contributed by atoms with van der Waals surface area (Å²) in [6, 6.07) is -1.82. The van der Waals surface area contributed by atoms with Gasteiger partial charge in [-0.05, 0) is 0 Å². The van der Waals surface area contributed by atoms with Gasteiger partial charge in [0.05, 0.1) is 0 Å². The maximum atomic E-state index is 12.1. The number of nitrogens with zero attached hydrogens (tertiary/aromatic N) is 2. The van der Waals surface area contributed by atoms with Crippen LogP contribution in [-0.2, 0) is 39.9 Å². The van der Waals surface area contributed by atoms with E-state index in [4.69, 9.17) is 0 Å². The minimum atomic E-state index is -0.486. The van der Waals surface area contributed by atoms with Crippen LogP contribution < -0.4 is 47.9 Å². The van der Waals surface area contributed by atoms with E-state index in [1.54, 1.807) is 27.7 Å². The van der Waals surface area contributed by atoms with Gasteiger partial charge in [0.25, 0.3) is 0 Å². The van der Waals surface area contributed by atoms with E-state index in [9.17, 15) is 19.2 Å². The molecule has 1 heterocycles. The first-order valence-electron chi connectivity index (χ1n) is 8.71. The Morgan fingerprint density at radius 3 is 1.59 bits per heavy atom. The van der Waals surface area contributed by atoms with Crippen molar-refractivity contribution in [1.29, 1.82) is 0 Å². The van der Waals surface area contributed by atoms with Gasteiger partial charge >= 0.3 is 167 Å². The molecule has 0 aliphatic carbocycles. The molecular formula is C17H29Cl3N4O4Ti. The van der Waals surface area contributed by atoms with Gasteiger partial charge < -0.3 is 37.2 Å². The summed E-state index contributed by atoms with van der Waals surface area (Å²) >= 11 is 1.80. The molecule has 8 nitrogen and oxygen atoms in total. The Kier molecular flexibility index (Phi) is 18.4. The van der Waals surface area contributed by atoms with Gasteiger partial charge in [0, 0.05) is 0 Å². The summed E-state index contributed by atoms with van der Waals surface area (Å²) in [4.78, 5) is 50.0. The van der Waals surface area contributed by atoms with Crippen molar-refractivity contribution in [2.45, 2.75) is 51.9 Å². The number of hydrogen-bond donors (Lipinski definition) is 2. The second kappa shape index (κ2) is 15.8. The molecule has 0 aromatic rings. The summed E-state index contributed by atoms with van der Waals surface area (Å²) in [5, 5.41) is 6.26. The molecule has 0 aromatic heterocycles. The zero-order valence-corrected chi connectivity index (χ0v) is 21.1. The molecule has 1 aliphatic heterocycles. The summed E-state index contributed by atoms with van der Waals surface area (Å²) in [5.41, 5.74) is 0. The Balaban J connectivity index is -0.00000225. The average Bonchev–Trinajstić information content (AvgIpc) is 2.51. The smallest absolute Gasteiger partial charge is 1.00 e. The second-order valence-corrected chi connectivity index (χ2v) is 7.88. The normalized spacial score (nSPS) is 27.0. The number of Topliss-reactive ketones (excluding diaryl/α,β-unsaturated/α-hetero) is 4. The topological polar surface area (TPSA) is 98.8 Å². The third-order valence-corrected chi connectivity index (χ3v) is 5.57. The number of halogens is 3. The van der Waals surface area contributed by atoms with E-state index < -0.39 is 24.2 Å². The number of carbonyl (C=O) groups is 4. The SMILES string of the molecule is CC(=O)C1CNC(C(C)=O)CN(C)C(C(C)=O)C[N]([Ti+3])C(C(C)=O)CN1.[Cl-].[Cl-].[Cl-]. The Morgan fingerprint density at radius 1 is 0.724 bits per heavy atom.